The fourth-order valence-electron chi connectivity index (χ4n) is 2.79. The Bertz CT molecular complexity index is 1130. The largest absolute Gasteiger partial charge is 0.573 e. The molecule has 0 saturated heterocycles. The second-order valence-corrected chi connectivity index (χ2v) is 6.78. The van der Waals surface area contributed by atoms with Crippen LogP contribution >= 0.6 is 0 Å². The molecule has 3 rings (SSSR count). The van der Waals surface area contributed by atoms with E-state index in [-0.39, 0.29) is 22.9 Å². The Hall–Kier alpha value is -3.70. The Balaban J connectivity index is 1.93. The van der Waals surface area contributed by atoms with Gasteiger partial charge in [-0.3, -0.25) is 4.79 Å². The number of hydrogen-bond acceptors (Lipinski definition) is 6. The van der Waals surface area contributed by atoms with Crippen LogP contribution in [0.25, 0.3) is 11.4 Å². The van der Waals surface area contributed by atoms with E-state index in [1.807, 2.05) is 6.92 Å². The zero-order valence-corrected chi connectivity index (χ0v) is 17.4. The van der Waals surface area contributed by atoms with Crippen molar-refractivity contribution in [3.63, 3.8) is 0 Å². The normalized spacial score (nSPS) is 11.3. The molecular weight excluding hydrogens is 432 g/mol. The van der Waals surface area contributed by atoms with Gasteiger partial charge in [0.2, 0.25) is 5.95 Å². The van der Waals surface area contributed by atoms with Crippen molar-refractivity contribution in [2.75, 3.05) is 11.9 Å². The lowest BCUT2D eigenvalue weighted by Crippen LogP contribution is -2.26. The Morgan fingerprint density at radius 2 is 1.97 bits per heavy atom. The molecule has 1 aromatic carbocycles. The number of ether oxygens (including phenoxy) is 1. The maximum atomic E-state index is 14.3. The van der Waals surface area contributed by atoms with Crippen LogP contribution in [0.1, 0.15) is 29.5 Å². The number of hydrogen-bond donors (Lipinski definition) is 2. The molecule has 0 aliphatic carbocycles. The van der Waals surface area contributed by atoms with Gasteiger partial charge in [0.25, 0.3) is 5.91 Å². The third-order valence-electron chi connectivity index (χ3n) is 4.45. The monoisotopic (exact) mass is 452 g/mol. The molecule has 2 N–H and O–H groups in total. The summed E-state index contributed by atoms with van der Waals surface area (Å²) in [5, 5.41) is 5.21. The average Bonchev–Trinajstić information content (AvgIpc) is 3.05. The predicted molar refractivity (Wildman–Crippen MR) is 108 cm³/mol. The summed E-state index contributed by atoms with van der Waals surface area (Å²) in [7, 11) is 1.69. The minimum absolute atomic E-state index is 0.0343. The molecular formula is C20H20F4N6O2. The van der Waals surface area contributed by atoms with E-state index in [2.05, 4.69) is 30.3 Å². The zero-order chi connectivity index (χ0) is 23.5. The molecule has 0 fully saturated rings. The smallest absolute Gasteiger partial charge is 0.405 e. The number of alkyl halides is 3. The first kappa shape index (κ1) is 23.0. The Labute approximate surface area is 180 Å². The van der Waals surface area contributed by atoms with Crippen LogP contribution in [-0.4, -0.2) is 38.3 Å². The highest BCUT2D eigenvalue weighted by Gasteiger charge is 2.33. The number of nitrogens with zero attached hydrogens (tertiary/aromatic N) is 4. The van der Waals surface area contributed by atoms with Crippen molar-refractivity contribution in [2.45, 2.75) is 26.6 Å². The molecule has 12 heteroatoms. The van der Waals surface area contributed by atoms with Gasteiger partial charge in [0.1, 0.15) is 17.3 Å². The Morgan fingerprint density at radius 1 is 1.22 bits per heavy atom. The van der Waals surface area contributed by atoms with E-state index in [9.17, 15) is 22.4 Å². The van der Waals surface area contributed by atoms with Crippen molar-refractivity contribution >= 4 is 17.5 Å². The molecule has 1 amide bonds. The first-order chi connectivity index (χ1) is 15.1. The number of aryl methyl sites for hydroxylation is 1. The van der Waals surface area contributed by atoms with Gasteiger partial charge in [-0.15, -0.1) is 13.2 Å². The minimum atomic E-state index is -5.00. The van der Waals surface area contributed by atoms with E-state index in [1.165, 1.54) is 18.3 Å². The summed E-state index contributed by atoms with van der Waals surface area (Å²) in [6.07, 6.45) is -2.01. The Kier molecular flexibility index (Phi) is 6.61. The molecule has 0 bridgehead atoms. The number of nitrogens with one attached hydrogen (secondary N) is 2. The molecule has 0 aliphatic heterocycles. The number of halogens is 4. The number of amides is 1. The summed E-state index contributed by atoms with van der Waals surface area (Å²) in [4.78, 5) is 24.2. The van der Waals surface area contributed by atoms with Crippen molar-refractivity contribution in [2.24, 2.45) is 7.05 Å². The zero-order valence-electron chi connectivity index (χ0n) is 17.4. The topological polar surface area (TPSA) is 94.0 Å². The molecule has 32 heavy (non-hydrogen) atoms. The minimum Gasteiger partial charge on any atom is -0.405 e. The fraction of sp³-hybridized carbons (Fsp3) is 0.300. The highest BCUT2D eigenvalue weighted by molar-refractivity contribution is 5.97. The third kappa shape index (κ3) is 5.31. The molecule has 3 aromatic rings. The van der Waals surface area contributed by atoms with Gasteiger partial charge in [-0.25, -0.2) is 19.3 Å². The molecule has 2 heterocycles. The maximum absolute atomic E-state index is 14.3. The molecule has 0 unspecified atom stereocenters. The molecule has 0 aliphatic rings. The fourth-order valence-corrected chi connectivity index (χ4v) is 2.79. The van der Waals surface area contributed by atoms with Gasteiger partial charge >= 0.3 is 6.36 Å². The van der Waals surface area contributed by atoms with E-state index in [0.29, 0.717) is 24.5 Å². The second-order valence-electron chi connectivity index (χ2n) is 6.78. The van der Waals surface area contributed by atoms with Crippen molar-refractivity contribution in [3.05, 3.63) is 47.8 Å². The third-order valence-corrected chi connectivity index (χ3v) is 4.45. The quantitative estimate of drug-likeness (QED) is 0.524. The first-order valence-corrected chi connectivity index (χ1v) is 9.55. The summed E-state index contributed by atoms with van der Waals surface area (Å²) in [6.45, 7) is 3.84. The molecule has 0 spiro atoms. The van der Waals surface area contributed by atoms with Gasteiger partial charge in [0, 0.05) is 25.3 Å². The SMILES string of the molecule is CCCNC(=O)c1ccc(Nc2ncc(F)c(-c3cnc(C)n3C)n2)cc1OC(F)(F)F. The number of imidazole rings is 1. The van der Waals surface area contributed by atoms with Gasteiger partial charge in [-0.05, 0) is 25.5 Å². The van der Waals surface area contributed by atoms with Gasteiger partial charge in [-0.2, -0.15) is 0 Å². The first-order valence-electron chi connectivity index (χ1n) is 9.55. The molecule has 0 radical (unpaired) electrons. The summed E-state index contributed by atoms with van der Waals surface area (Å²) in [5.74, 6) is -1.52. The van der Waals surface area contributed by atoms with E-state index in [4.69, 9.17) is 0 Å². The summed E-state index contributed by atoms with van der Waals surface area (Å²) >= 11 is 0. The van der Waals surface area contributed by atoms with Crippen molar-refractivity contribution in [3.8, 4) is 17.1 Å². The van der Waals surface area contributed by atoms with Gasteiger partial charge in [0.05, 0.1) is 23.7 Å². The van der Waals surface area contributed by atoms with E-state index < -0.39 is 23.8 Å². The van der Waals surface area contributed by atoms with Crippen molar-refractivity contribution in [1.82, 2.24) is 24.8 Å². The van der Waals surface area contributed by atoms with Crippen LogP contribution in [0.5, 0.6) is 5.75 Å². The maximum Gasteiger partial charge on any atom is 0.573 e. The van der Waals surface area contributed by atoms with Crippen LogP contribution < -0.4 is 15.4 Å². The number of aromatic nitrogens is 4. The van der Waals surface area contributed by atoms with Crippen molar-refractivity contribution in [1.29, 1.82) is 0 Å². The number of anilines is 2. The average molecular weight is 452 g/mol. The van der Waals surface area contributed by atoms with Gasteiger partial charge in [0.15, 0.2) is 5.82 Å². The van der Waals surface area contributed by atoms with E-state index in [0.717, 1.165) is 12.3 Å². The van der Waals surface area contributed by atoms with Crippen LogP contribution in [0.3, 0.4) is 0 Å². The number of benzene rings is 1. The number of rotatable bonds is 7. The summed E-state index contributed by atoms with van der Waals surface area (Å²) in [5.41, 5.74) is 0.185. The highest BCUT2D eigenvalue weighted by Crippen LogP contribution is 2.31. The number of carbonyl (C=O) groups excluding carboxylic acids is 1. The lowest BCUT2D eigenvalue weighted by atomic mass is 10.1. The number of carbonyl (C=O) groups is 1. The predicted octanol–water partition coefficient (Wildman–Crippen LogP) is 4.11. The molecule has 8 nitrogen and oxygen atoms in total. The summed E-state index contributed by atoms with van der Waals surface area (Å²) < 4.78 is 58.6. The van der Waals surface area contributed by atoms with Crippen LogP contribution in [0.2, 0.25) is 0 Å². The van der Waals surface area contributed by atoms with Gasteiger partial charge in [-0.1, -0.05) is 6.92 Å². The lowest BCUT2D eigenvalue weighted by molar-refractivity contribution is -0.274. The van der Waals surface area contributed by atoms with Crippen molar-refractivity contribution < 1.29 is 27.1 Å². The second kappa shape index (κ2) is 9.20. The Morgan fingerprint density at radius 3 is 2.59 bits per heavy atom. The highest BCUT2D eigenvalue weighted by atomic mass is 19.4. The summed E-state index contributed by atoms with van der Waals surface area (Å²) in [6, 6.07) is 3.54. The molecule has 170 valence electrons. The molecule has 2 aromatic heterocycles. The van der Waals surface area contributed by atoms with Crippen LogP contribution in [-0.2, 0) is 7.05 Å². The standard InChI is InChI=1S/C20H20F4N6O2/c1-4-7-25-18(31)13-6-5-12(8-16(13)32-20(22,23)24)28-19-27-9-14(21)17(29-19)15-10-26-11(2)30(15)3/h5-6,8-10H,4,7H2,1-3H3,(H,25,31)(H,27,28,29). The lowest BCUT2D eigenvalue weighted by Gasteiger charge is -2.15. The van der Waals surface area contributed by atoms with E-state index >= 15 is 0 Å². The van der Waals surface area contributed by atoms with Crippen LogP contribution in [0, 0.1) is 12.7 Å². The molecule has 0 saturated carbocycles. The molecule has 0 atom stereocenters. The van der Waals surface area contributed by atoms with Gasteiger partial charge < -0.3 is 19.9 Å². The van der Waals surface area contributed by atoms with Crippen LogP contribution in [0.4, 0.5) is 29.2 Å². The van der Waals surface area contributed by atoms with Crippen LogP contribution in [0.15, 0.2) is 30.6 Å². The van der Waals surface area contributed by atoms with E-state index in [1.54, 1.807) is 18.5 Å².